The summed E-state index contributed by atoms with van der Waals surface area (Å²) < 4.78 is 4.80. The van der Waals surface area contributed by atoms with Crippen molar-refractivity contribution in [2.45, 2.75) is 12.8 Å². The Balaban J connectivity index is 2.79. The Bertz CT molecular complexity index is 86.3. The van der Waals surface area contributed by atoms with E-state index in [0.29, 0.717) is 0 Å². The largest absolute Gasteiger partial charge is 0.385 e. The van der Waals surface area contributed by atoms with E-state index in [9.17, 15) is 0 Å². The van der Waals surface area contributed by atoms with E-state index in [1.165, 1.54) is 0 Å². The molecule has 0 heterocycles. The van der Waals surface area contributed by atoms with Gasteiger partial charge in [-0.3, -0.25) is 0 Å². The molecular formula is C7H11O. The van der Waals surface area contributed by atoms with Gasteiger partial charge in [0.1, 0.15) is 0 Å². The van der Waals surface area contributed by atoms with Gasteiger partial charge in [0.05, 0.1) is 0 Å². The monoisotopic (exact) mass is 111 g/mol. The van der Waals surface area contributed by atoms with Crippen molar-refractivity contribution in [1.29, 1.82) is 0 Å². The van der Waals surface area contributed by atoms with Gasteiger partial charge in [-0.2, -0.15) is 0 Å². The maximum Gasteiger partial charge on any atom is 0.0471 e. The van der Waals surface area contributed by atoms with Crippen LogP contribution in [0.5, 0.6) is 0 Å². The van der Waals surface area contributed by atoms with E-state index >= 15 is 0 Å². The van der Waals surface area contributed by atoms with Crippen molar-refractivity contribution >= 4 is 0 Å². The van der Waals surface area contributed by atoms with Crippen LogP contribution < -0.4 is 0 Å². The quantitative estimate of drug-likeness (QED) is 0.393. The SMILES string of the molecule is [CH2]C#CCCCOC. The summed E-state index contributed by atoms with van der Waals surface area (Å²) in [5.74, 6) is 5.41. The summed E-state index contributed by atoms with van der Waals surface area (Å²) in [4.78, 5) is 0. The molecule has 1 heteroatoms. The highest BCUT2D eigenvalue weighted by atomic mass is 16.5. The maximum absolute atomic E-state index is 4.80. The predicted molar refractivity (Wildman–Crippen MR) is 34.2 cm³/mol. The summed E-state index contributed by atoms with van der Waals surface area (Å²) in [6, 6.07) is 0. The zero-order valence-corrected chi connectivity index (χ0v) is 5.24. The molecule has 0 bridgehead atoms. The van der Waals surface area contributed by atoms with E-state index in [2.05, 4.69) is 18.8 Å². The lowest BCUT2D eigenvalue weighted by atomic mass is 10.3. The van der Waals surface area contributed by atoms with E-state index < -0.39 is 0 Å². The molecule has 0 aromatic rings. The Hall–Kier alpha value is -0.480. The van der Waals surface area contributed by atoms with Crippen LogP contribution in [0.1, 0.15) is 12.8 Å². The van der Waals surface area contributed by atoms with Gasteiger partial charge in [-0.15, -0.1) is 11.8 Å². The molecule has 1 radical (unpaired) electrons. The van der Waals surface area contributed by atoms with Crippen molar-refractivity contribution in [3.63, 3.8) is 0 Å². The minimum atomic E-state index is 0.800. The molecule has 0 amide bonds. The zero-order valence-electron chi connectivity index (χ0n) is 5.24. The Morgan fingerprint density at radius 3 is 2.88 bits per heavy atom. The lowest BCUT2D eigenvalue weighted by Gasteiger charge is -1.89. The normalized spacial score (nSPS) is 7.75. The fourth-order valence-electron chi connectivity index (χ4n) is 0.393. The summed E-state index contributed by atoms with van der Waals surface area (Å²) in [5, 5.41) is 0. The van der Waals surface area contributed by atoms with Crippen LogP contribution >= 0.6 is 0 Å². The fourth-order valence-corrected chi connectivity index (χ4v) is 0.393. The first-order chi connectivity index (χ1) is 3.91. The number of ether oxygens (including phenoxy) is 1. The fraction of sp³-hybridized carbons (Fsp3) is 0.571. The van der Waals surface area contributed by atoms with Gasteiger partial charge >= 0.3 is 0 Å². The Labute approximate surface area is 51.0 Å². The third-order valence-corrected chi connectivity index (χ3v) is 0.775. The summed E-state index contributed by atoms with van der Waals surface area (Å²) >= 11 is 0. The molecule has 0 unspecified atom stereocenters. The zero-order chi connectivity index (χ0) is 6.24. The highest BCUT2D eigenvalue weighted by Gasteiger charge is 1.78. The molecule has 0 rings (SSSR count). The third kappa shape index (κ3) is 5.52. The van der Waals surface area contributed by atoms with Crippen LogP contribution in [-0.4, -0.2) is 13.7 Å². The highest BCUT2D eigenvalue weighted by Crippen LogP contribution is 1.84. The van der Waals surface area contributed by atoms with Crippen molar-refractivity contribution in [1.82, 2.24) is 0 Å². The van der Waals surface area contributed by atoms with Crippen LogP contribution in [-0.2, 0) is 4.74 Å². The molecule has 0 saturated carbocycles. The van der Waals surface area contributed by atoms with Crippen LogP contribution in [0.15, 0.2) is 0 Å². The summed E-state index contributed by atoms with van der Waals surface area (Å²) in [7, 11) is 1.69. The van der Waals surface area contributed by atoms with Gasteiger partial charge in [0.2, 0.25) is 0 Å². The van der Waals surface area contributed by atoms with Gasteiger partial charge in [0.25, 0.3) is 0 Å². The molecule has 0 aliphatic carbocycles. The van der Waals surface area contributed by atoms with Gasteiger partial charge in [0, 0.05) is 27.1 Å². The lowest BCUT2D eigenvalue weighted by Crippen LogP contribution is -1.85. The van der Waals surface area contributed by atoms with Crippen LogP contribution in [0.25, 0.3) is 0 Å². The third-order valence-electron chi connectivity index (χ3n) is 0.775. The van der Waals surface area contributed by atoms with Crippen molar-refractivity contribution in [3.05, 3.63) is 6.92 Å². The van der Waals surface area contributed by atoms with Crippen LogP contribution in [0, 0.1) is 18.8 Å². The summed E-state index contributed by atoms with van der Waals surface area (Å²) in [6.07, 6.45) is 1.91. The molecule has 0 fully saturated rings. The standard InChI is InChI=1S/C7H11O/c1-3-4-5-6-7-8-2/h1,5-7H2,2H3. The molecule has 0 aromatic carbocycles. The van der Waals surface area contributed by atoms with Gasteiger partial charge < -0.3 is 4.74 Å². The predicted octanol–water partition coefficient (Wildman–Crippen LogP) is 1.25. The van der Waals surface area contributed by atoms with E-state index in [1.54, 1.807) is 7.11 Å². The average molecular weight is 111 g/mol. The summed E-state index contributed by atoms with van der Waals surface area (Å²) in [5.41, 5.74) is 0. The molecule has 0 saturated heterocycles. The molecular weight excluding hydrogens is 100 g/mol. The molecule has 8 heavy (non-hydrogen) atoms. The molecule has 45 valence electrons. The molecule has 0 atom stereocenters. The molecule has 1 nitrogen and oxygen atoms in total. The minimum Gasteiger partial charge on any atom is -0.385 e. The minimum absolute atomic E-state index is 0.800. The summed E-state index contributed by atoms with van der Waals surface area (Å²) in [6.45, 7) is 4.18. The molecule has 0 N–H and O–H groups in total. The van der Waals surface area contributed by atoms with Crippen LogP contribution in [0.2, 0.25) is 0 Å². The second-order valence-electron chi connectivity index (χ2n) is 1.45. The van der Waals surface area contributed by atoms with Crippen molar-refractivity contribution < 1.29 is 4.74 Å². The number of unbranched alkanes of at least 4 members (excludes halogenated alkanes) is 1. The van der Waals surface area contributed by atoms with Crippen LogP contribution in [0.3, 0.4) is 0 Å². The highest BCUT2D eigenvalue weighted by molar-refractivity contribution is 5.00. The first kappa shape index (κ1) is 7.52. The molecule has 0 aliphatic rings. The number of methoxy groups -OCH3 is 1. The topological polar surface area (TPSA) is 9.23 Å². The van der Waals surface area contributed by atoms with Crippen molar-refractivity contribution in [2.75, 3.05) is 13.7 Å². The van der Waals surface area contributed by atoms with Gasteiger partial charge in [0.15, 0.2) is 0 Å². The average Bonchev–Trinajstić information content (AvgIpc) is 1.81. The number of hydrogen-bond donors (Lipinski definition) is 0. The first-order valence-corrected chi connectivity index (χ1v) is 2.65. The second-order valence-corrected chi connectivity index (χ2v) is 1.45. The molecule has 0 aliphatic heterocycles. The van der Waals surface area contributed by atoms with Gasteiger partial charge in [-0.25, -0.2) is 0 Å². The second kappa shape index (κ2) is 6.52. The Morgan fingerprint density at radius 2 is 2.38 bits per heavy atom. The van der Waals surface area contributed by atoms with Crippen LogP contribution in [0.4, 0.5) is 0 Å². The number of hydrogen-bond acceptors (Lipinski definition) is 1. The van der Waals surface area contributed by atoms with Gasteiger partial charge in [-0.05, 0) is 6.42 Å². The molecule has 0 aromatic heterocycles. The van der Waals surface area contributed by atoms with E-state index in [-0.39, 0.29) is 0 Å². The van der Waals surface area contributed by atoms with Gasteiger partial charge in [-0.1, -0.05) is 0 Å². The lowest BCUT2D eigenvalue weighted by molar-refractivity contribution is 0.196. The Morgan fingerprint density at radius 1 is 1.62 bits per heavy atom. The molecule has 0 spiro atoms. The van der Waals surface area contributed by atoms with E-state index in [0.717, 1.165) is 19.4 Å². The van der Waals surface area contributed by atoms with Crippen molar-refractivity contribution in [2.24, 2.45) is 0 Å². The first-order valence-electron chi connectivity index (χ1n) is 2.65. The number of rotatable bonds is 3. The maximum atomic E-state index is 4.80. The Kier molecular flexibility index (Phi) is 6.13. The smallest absolute Gasteiger partial charge is 0.0471 e. The van der Waals surface area contributed by atoms with E-state index in [1.807, 2.05) is 0 Å². The van der Waals surface area contributed by atoms with Crippen molar-refractivity contribution in [3.8, 4) is 11.8 Å². The van der Waals surface area contributed by atoms with E-state index in [4.69, 9.17) is 4.74 Å².